The number of nitrogens with two attached hydrogens (primary N) is 1. The van der Waals surface area contributed by atoms with Crippen molar-refractivity contribution in [1.82, 2.24) is 4.98 Å². The highest BCUT2D eigenvalue weighted by Gasteiger charge is 2.22. The number of nitrogens with zero attached hydrogens (tertiary/aromatic N) is 2. The Balaban J connectivity index is 2.01. The van der Waals surface area contributed by atoms with Crippen LogP contribution in [0.5, 0.6) is 0 Å². The van der Waals surface area contributed by atoms with Crippen molar-refractivity contribution in [3.63, 3.8) is 0 Å². The molecule has 1 aliphatic rings. The van der Waals surface area contributed by atoms with Crippen molar-refractivity contribution in [1.29, 1.82) is 0 Å². The van der Waals surface area contributed by atoms with E-state index in [2.05, 4.69) is 9.88 Å². The molecule has 4 nitrogen and oxygen atoms in total. The second-order valence-electron chi connectivity index (χ2n) is 4.46. The molecule has 1 aliphatic heterocycles. The fourth-order valence-corrected chi connectivity index (χ4v) is 2.28. The predicted octanol–water partition coefficient (Wildman–Crippen LogP) is 1.31. The molecule has 0 unspecified atom stereocenters. The Kier molecular flexibility index (Phi) is 3.56. The average Bonchev–Trinajstić information content (AvgIpc) is 2.29. The van der Waals surface area contributed by atoms with Crippen molar-refractivity contribution in [2.24, 2.45) is 11.7 Å². The maximum atomic E-state index is 12.8. The molecule has 1 aromatic rings. The van der Waals surface area contributed by atoms with Crippen LogP contribution in [0.1, 0.15) is 19.3 Å². The fourth-order valence-electron chi connectivity index (χ4n) is 2.28. The number of amides is 1. The maximum Gasteiger partial charge on any atom is 0.217 e. The van der Waals surface area contributed by atoms with E-state index in [1.807, 2.05) is 0 Å². The summed E-state index contributed by atoms with van der Waals surface area (Å²) in [4.78, 5) is 17.0. The van der Waals surface area contributed by atoms with Crippen LogP contribution in [0.25, 0.3) is 0 Å². The summed E-state index contributed by atoms with van der Waals surface area (Å²) in [5, 5.41) is 0. The molecular formula is C12H16FN3O. The lowest BCUT2D eigenvalue weighted by molar-refractivity contribution is -0.118. The number of piperidine rings is 1. The van der Waals surface area contributed by atoms with Crippen molar-refractivity contribution in [2.75, 3.05) is 18.0 Å². The zero-order valence-corrected chi connectivity index (χ0v) is 9.60. The van der Waals surface area contributed by atoms with Crippen LogP contribution in [0.15, 0.2) is 18.3 Å². The van der Waals surface area contributed by atoms with Crippen LogP contribution in [0.2, 0.25) is 0 Å². The van der Waals surface area contributed by atoms with Gasteiger partial charge in [0, 0.05) is 19.5 Å². The van der Waals surface area contributed by atoms with Crippen LogP contribution < -0.4 is 10.6 Å². The molecule has 92 valence electrons. The normalized spacial score (nSPS) is 20.3. The third kappa shape index (κ3) is 3.15. The lowest BCUT2D eigenvalue weighted by Gasteiger charge is -2.33. The van der Waals surface area contributed by atoms with Gasteiger partial charge in [-0.3, -0.25) is 4.79 Å². The molecule has 0 saturated carbocycles. The van der Waals surface area contributed by atoms with Gasteiger partial charge in [-0.2, -0.15) is 0 Å². The van der Waals surface area contributed by atoms with E-state index in [-0.39, 0.29) is 17.6 Å². The number of carbonyl (C=O) groups is 1. The van der Waals surface area contributed by atoms with E-state index < -0.39 is 0 Å². The van der Waals surface area contributed by atoms with Crippen molar-refractivity contribution in [3.05, 3.63) is 24.1 Å². The Morgan fingerprint density at radius 2 is 2.41 bits per heavy atom. The van der Waals surface area contributed by atoms with Gasteiger partial charge < -0.3 is 10.6 Å². The first kappa shape index (κ1) is 11.8. The number of pyridine rings is 1. The largest absolute Gasteiger partial charge is 0.370 e. The van der Waals surface area contributed by atoms with E-state index in [4.69, 9.17) is 5.73 Å². The smallest absolute Gasteiger partial charge is 0.217 e. The Labute approximate surface area is 99.6 Å². The summed E-state index contributed by atoms with van der Waals surface area (Å²) in [6.07, 6.45) is 3.66. The van der Waals surface area contributed by atoms with Gasteiger partial charge >= 0.3 is 0 Å². The SMILES string of the molecule is NC(=O)C[C@@H]1CCCN(c2ccc(F)cn2)C1. The van der Waals surface area contributed by atoms with Crippen molar-refractivity contribution in [3.8, 4) is 0 Å². The minimum absolute atomic E-state index is 0.260. The van der Waals surface area contributed by atoms with Gasteiger partial charge in [-0.15, -0.1) is 0 Å². The molecule has 1 atom stereocenters. The van der Waals surface area contributed by atoms with Crippen LogP contribution in [0.3, 0.4) is 0 Å². The van der Waals surface area contributed by atoms with Gasteiger partial charge in [0.1, 0.15) is 11.6 Å². The summed E-state index contributed by atoms with van der Waals surface area (Å²) in [6.45, 7) is 1.66. The van der Waals surface area contributed by atoms with E-state index >= 15 is 0 Å². The highest BCUT2D eigenvalue weighted by Crippen LogP contribution is 2.23. The second-order valence-corrected chi connectivity index (χ2v) is 4.46. The molecule has 2 rings (SSSR count). The van der Waals surface area contributed by atoms with Crippen molar-refractivity contribution < 1.29 is 9.18 Å². The van der Waals surface area contributed by atoms with Gasteiger partial charge in [0.25, 0.3) is 0 Å². The highest BCUT2D eigenvalue weighted by atomic mass is 19.1. The lowest BCUT2D eigenvalue weighted by atomic mass is 9.94. The summed E-state index contributed by atoms with van der Waals surface area (Å²) in [5.74, 6) is 0.456. The van der Waals surface area contributed by atoms with Crippen LogP contribution in [0, 0.1) is 11.7 Å². The van der Waals surface area contributed by atoms with Gasteiger partial charge in [-0.05, 0) is 30.9 Å². The van der Waals surface area contributed by atoms with E-state index in [9.17, 15) is 9.18 Å². The number of carbonyl (C=O) groups excluding carboxylic acids is 1. The van der Waals surface area contributed by atoms with Gasteiger partial charge in [0.2, 0.25) is 5.91 Å². The van der Waals surface area contributed by atoms with Crippen LogP contribution >= 0.6 is 0 Å². The molecule has 1 amide bonds. The number of hydrogen-bond donors (Lipinski definition) is 1. The zero-order chi connectivity index (χ0) is 12.3. The third-order valence-electron chi connectivity index (χ3n) is 3.04. The minimum atomic E-state index is -0.334. The Bertz CT molecular complexity index is 393. The summed E-state index contributed by atoms with van der Waals surface area (Å²) in [5.41, 5.74) is 5.20. The zero-order valence-electron chi connectivity index (χ0n) is 9.60. The fraction of sp³-hybridized carbons (Fsp3) is 0.500. The van der Waals surface area contributed by atoms with Gasteiger partial charge in [-0.25, -0.2) is 9.37 Å². The first-order valence-corrected chi connectivity index (χ1v) is 5.80. The second kappa shape index (κ2) is 5.12. The van der Waals surface area contributed by atoms with Crippen molar-refractivity contribution >= 4 is 11.7 Å². The summed E-state index contributed by atoms with van der Waals surface area (Å²) in [7, 11) is 0. The summed E-state index contributed by atoms with van der Waals surface area (Å²) in [6, 6.07) is 3.07. The first-order chi connectivity index (χ1) is 8.15. The third-order valence-corrected chi connectivity index (χ3v) is 3.04. The Hall–Kier alpha value is -1.65. The molecule has 1 saturated heterocycles. The number of rotatable bonds is 3. The molecule has 0 spiro atoms. The van der Waals surface area contributed by atoms with Crippen molar-refractivity contribution in [2.45, 2.75) is 19.3 Å². The topological polar surface area (TPSA) is 59.2 Å². The molecule has 0 aliphatic carbocycles. The van der Waals surface area contributed by atoms with Crippen LogP contribution in [-0.2, 0) is 4.79 Å². The molecule has 1 fully saturated rings. The Morgan fingerprint density at radius 3 is 3.06 bits per heavy atom. The minimum Gasteiger partial charge on any atom is -0.370 e. The Morgan fingerprint density at radius 1 is 1.59 bits per heavy atom. The first-order valence-electron chi connectivity index (χ1n) is 5.80. The number of primary amides is 1. The van der Waals surface area contributed by atoms with Gasteiger partial charge in [-0.1, -0.05) is 0 Å². The van der Waals surface area contributed by atoms with E-state index in [1.54, 1.807) is 6.07 Å². The molecule has 2 heterocycles. The number of aromatic nitrogens is 1. The molecular weight excluding hydrogens is 221 g/mol. The molecule has 5 heteroatoms. The molecule has 0 radical (unpaired) electrons. The molecule has 17 heavy (non-hydrogen) atoms. The summed E-state index contributed by atoms with van der Waals surface area (Å²) >= 11 is 0. The quantitative estimate of drug-likeness (QED) is 0.862. The van der Waals surface area contributed by atoms with Crippen LogP contribution in [-0.4, -0.2) is 24.0 Å². The van der Waals surface area contributed by atoms with Crippen LogP contribution in [0.4, 0.5) is 10.2 Å². The van der Waals surface area contributed by atoms with E-state index in [0.717, 1.165) is 31.7 Å². The predicted molar refractivity (Wildman–Crippen MR) is 62.9 cm³/mol. The molecule has 0 aromatic carbocycles. The lowest BCUT2D eigenvalue weighted by Crippen LogP contribution is -2.37. The molecule has 2 N–H and O–H groups in total. The van der Waals surface area contributed by atoms with E-state index in [1.165, 1.54) is 12.3 Å². The standard InChI is InChI=1S/C12H16FN3O/c13-10-3-4-12(15-7-10)16-5-1-2-9(8-16)6-11(14)17/h3-4,7,9H,1-2,5-6,8H2,(H2,14,17)/t9-/m0/s1. The average molecular weight is 237 g/mol. The van der Waals surface area contributed by atoms with E-state index in [0.29, 0.717) is 6.42 Å². The number of hydrogen-bond acceptors (Lipinski definition) is 3. The monoisotopic (exact) mass is 237 g/mol. The molecule has 0 bridgehead atoms. The maximum absolute atomic E-state index is 12.8. The number of halogens is 1. The van der Waals surface area contributed by atoms with Gasteiger partial charge in [0.15, 0.2) is 0 Å². The highest BCUT2D eigenvalue weighted by molar-refractivity contribution is 5.74. The van der Waals surface area contributed by atoms with Gasteiger partial charge in [0.05, 0.1) is 6.20 Å². The molecule has 1 aromatic heterocycles. The summed E-state index contributed by atoms with van der Waals surface area (Å²) < 4.78 is 12.8. The number of anilines is 1.